The minimum absolute atomic E-state index is 0.319. The van der Waals surface area contributed by atoms with Crippen LogP contribution in [-0.2, 0) is 24.5 Å². The first kappa shape index (κ1) is 18.9. The van der Waals surface area contributed by atoms with Crippen molar-refractivity contribution in [3.8, 4) is 11.5 Å². The molecule has 2 aromatic carbocycles. The Hall–Kier alpha value is -3.39. The van der Waals surface area contributed by atoms with Gasteiger partial charge in [-0.3, -0.25) is 0 Å². The number of fused-ring (bicyclic) bond motifs is 3. The molecule has 150 valence electrons. The number of methoxy groups -OCH3 is 2. The smallest absolute Gasteiger partial charge is 0.338 e. The lowest BCUT2D eigenvalue weighted by Gasteiger charge is -2.15. The van der Waals surface area contributed by atoms with Gasteiger partial charge in [0, 0.05) is 35.2 Å². The van der Waals surface area contributed by atoms with Crippen molar-refractivity contribution in [1.29, 1.82) is 0 Å². The number of hydrogen-bond acceptors (Lipinski definition) is 6. The molecule has 0 saturated carbocycles. The standard InChI is InChI=1S/C21H19FN2O5/c1-27-12-4-3-11(19(5-12)28-2)8-23-20-16-10-29-9-15(16)13-6-14(21(25)26)17(22)7-18(13)24-20/h3-7H,8-10H2,1-2H3,(H,23,24)(H,25,26). The molecular formula is C21H19FN2O5. The van der Waals surface area contributed by atoms with Crippen LogP contribution in [0, 0.1) is 5.82 Å². The summed E-state index contributed by atoms with van der Waals surface area (Å²) in [5.74, 6) is -0.202. The predicted molar refractivity (Wildman–Crippen MR) is 104 cm³/mol. The molecule has 2 N–H and O–H groups in total. The third-order valence-electron chi connectivity index (χ3n) is 4.96. The van der Waals surface area contributed by atoms with Crippen molar-refractivity contribution in [3.63, 3.8) is 0 Å². The number of anilines is 1. The lowest BCUT2D eigenvalue weighted by molar-refractivity contribution is 0.0692. The molecule has 0 spiro atoms. The number of rotatable bonds is 6. The van der Waals surface area contributed by atoms with Crippen LogP contribution in [0.1, 0.15) is 27.0 Å². The summed E-state index contributed by atoms with van der Waals surface area (Å²) in [5.41, 5.74) is 2.56. The Labute approximate surface area is 166 Å². The lowest BCUT2D eigenvalue weighted by Crippen LogP contribution is -2.08. The molecule has 7 nitrogen and oxygen atoms in total. The van der Waals surface area contributed by atoms with Crippen LogP contribution in [-0.4, -0.2) is 30.3 Å². The van der Waals surface area contributed by atoms with E-state index in [-0.39, 0.29) is 5.56 Å². The molecule has 1 aliphatic heterocycles. The van der Waals surface area contributed by atoms with E-state index >= 15 is 0 Å². The zero-order chi connectivity index (χ0) is 20.5. The van der Waals surface area contributed by atoms with Crippen molar-refractivity contribution >= 4 is 22.7 Å². The molecule has 0 bridgehead atoms. The zero-order valence-electron chi connectivity index (χ0n) is 15.9. The Morgan fingerprint density at radius 3 is 2.72 bits per heavy atom. The quantitative estimate of drug-likeness (QED) is 0.654. The number of halogens is 1. The number of aromatic nitrogens is 1. The highest BCUT2D eigenvalue weighted by Gasteiger charge is 2.23. The maximum Gasteiger partial charge on any atom is 0.338 e. The van der Waals surface area contributed by atoms with Crippen molar-refractivity contribution in [2.24, 2.45) is 0 Å². The third-order valence-corrected chi connectivity index (χ3v) is 4.96. The average molecular weight is 398 g/mol. The van der Waals surface area contributed by atoms with E-state index in [1.165, 1.54) is 6.07 Å². The fourth-order valence-corrected chi connectivity index (χ4v) is 3.45. The van der Waals surface area contributed by atoms with E-state index in [4.69, 9.17) is 14.2 Å². The zero-order valence-corrected chi connectivity index (χ0v) is 15.9. The highest BCUT2D eigenvalue weighted by Crippen LogP contribution is 2.34. The van der Waals surface area contributed by atoms with Crippen LogP contribution in [0.3, 0.4) is 0 Å². The minimum atomic E-state index is -1.31. The Bertz CT molecular complexity index is 1120. The molecule has 0 radical (unpaired) electrons. The van der Waals surface area contributed by atoms with E-state index in [2.05, 4.69) is 10.3 Å². The summed E-state index contributed by atoms with van der Waals surface area (Å²) in [4.78, 5) is 15.8. The number of benzene rings is 2. The van der Waals surface area contributed by atoms with Crippen LogP contribution < -0.4 is 14.8 Å². The molecule has 2 heterocycles. The Morgan fingerprint density at radius 1 is 1.21 bits per heavy atom. The van der Waals surface area contributed by atoms with Gasteiger partial charge in [-0.2, -0.15) is 0 Å². The summed E-state index contributed by atoms with van der Waals surface area (Å²) in [7, 11) is 3.17. The number of hydrogen-bond donors (Lipinski definition) is 2. The first-order valence-corrected chi connectivity index (χ1v) is 8.92. The molecule has 0 amide bonds. The van der Waals surface area contributed by atoms with Gasteiger partial charge in [-0.05, 0) is 23.8 Å². The fraction of sp³-hybridized carbons (Fsp3) is 0.238. The summed E-state index contributed by atoms with van der Waals surface area (Å²) in [5, 5.41) is 13.1. The van der Waals surface area contributed by atoms with Gasteiger partial charge in [0.1, 0.15) is 23.1 Å². The van der Waals surface area contributed by atoms with Crippen LogP contribution in [0.25, 0.3) is 10.9 Å². The number of ether oxygens (including phenoxy) is 3. The van der Waals surface area contributed by atoms with Crippen molar-refractivity contribution in [2.75, 3.05) is 19.5 Å². The van der Waals surface area contributed by atoms with Gasteiger partial charge in [-0.1, -0.05) is 0 Å². The first-order valence-electron chi connectivity index (χ1n) is 8.92. The number of pyridine rings is 1. The van der Waals surface area contributed by atoms with Crippen molar-refractivity contribution in [3.05, 3.63) is 58.4 Å². The largest absolute Gasteiger partial charge is 0.497 e. The van der Waals surface area contributed by atoms with E-state index in [1.807, 2.05) is 12.1 Å². The number of carboxylic acid groups (broad SMARTS) is 1. The Morgan fingerprint density at radius 2 is 2.00 bits per heavy atom. The topological polar surface area (TPSA) is 89.9 Å². The number of aromatic carboxylic acids is 1. The molecule has 0 fully saturated rings. The van der Waals surface area contributed by atoms with Gasteiger partial charge in [0.25, 0.3) is 0 Å². The van der Waals surface area contributed by atoms with Crippen LogP contribution in [0.4, 0.5) is 10.2 Å². The molecule has 0 saturated heterocycles. The summed E-state index contributed by atoms with van der Waals surface area (Å²) in [6.45, 7) is 1.09. The van der Waals surface area contributed by atoms with Crippen molar-refractivity contribution in [1.82, 2.24) is 4.98 Å². The fourth-order valence-electron chi connectivity index (χ4n) is 3.45. The Balaban J connectivity index is 1.72. The molecule has 29 heavy (non-hydrogen) atoms. The third kappa shape index (κ3) is 3.42. The van der Waals surface area contributed by atoms with Gasteiger partial charge in [-0.15, -0.1) is 0 Å². The molecule has 4 rings (SSSR count). The second-order valence-electron chi connectivity index (χ2n) is 6.60. The lowest BCUT2D eigenvalue weighted by atomic mass is 10.0. The van der Waals surface area contributed by atoms with E-state index in [9.17, 15) is 14.3 Å². The van der Waals surface area contributed by atoms with Crippen molar-refractivity contribution < 1.29 is 28.5 Å². The van der Waals surface area contributed by atoms with Gasteiger partial charge >= 0.3 is 5.97 Å². The van der Waals surface area contributed by atoms with E-state index in [0.29, 0.717) is 48.0 Å². The molecular weight excluding hydrogens is 379 g/mol. The molecule has 8 heteroatoms. The van der Waals surface area contributed by atoms with Gasteiger partial charge in [0.2, 0.25) is 0 Å². The summed E-state index contributed by atoms with van der Waals surface area (Å²) >= 11 is 0. The van der Waals surface area contributed by atoms with E-state index < -0.39 is 11.8 Å². The summed E-state index contributed by atoms with van der Waals surface area (Å²) in [6, 6.07) is 7.99. The number of carboxylic acids is 1. The van der Waals surface area contributed by atoms with Crippen LogP contribution in [0.2, 0.25) is 0 Å². The molecule has 0 aliphatic carbocycles. The maximum absolute atomic E-state index is 14.2. The van der Waals surface area contributed by atoms with Gasteiger partial charge in [-0.25, -0.2) is 14.2 Å². The highest BCUT2D eigenvalue weighted by atomic mass is 19.1. The second-order valence-corrected chi connectivity index (χ2v) is 6.60. The van der Waals surface area contributed by atoms with Gasteiger partial charge < -0.3 is 24.6 Å². The molecule has 3 aromatic rings. The average Bonchev–Trinajstić information content (AvgIpc) is 3.21. The van der Waals surface area contributed by atoms with E-state index in [1.54, 1.807) is 20.3 Å². The molecule has 0 atom stereocenters. The number of nitrogens with zero attached hydrogens (tertiary/aromatic N) is 1. The predicted octanol–water partition coefficient (Wildman–Crippen LogP) is 3.73. The summed E-state index contributed by atoms with van der Waals surface area (Å²) < 4.78 is 30.4. The van der Waals surface area contributed by atoms with Crippen LogP contribution >= 0.6 is 0 Å². The highest BCUT2D eigenvalue weighted by molar-refractivity contribution is 5.96. The maximum atomic E-state index is 14.2. The normalized spacial score (nSPS) is 12.7. The number of nitrogens with one attached hydrogen (secondary N) is 1. The van der Waals surface area contributed by atoms with Gasteiger partial charge in [0.15, 0.2) is 0 Å². The second kappa shape index (κ2) is 7.56. The number of carbonyl (C=O) groups is 1. The first-order chi connectivity index (χ1) is 14.0. The van der Waals surface area contributed by atoms with Crippen LogP contribution in [0.15, 0.2) is 30.3 Å². The SMILES string of the molecule is COc1ccc(CNc2nc3cc(F)c(C(=O)O)cc3c3c2COC3)c(OC)c1. The molecule has 0 unspecified atom stereocenters. The van der Waals surface area contributed by atoms with Crippen molar-refractivity contribution in [2.45, 2.75) is 19.8 Å². The van der Waals surface area contributed by atoms with Gasteiger partial charge in [0.05, 0.1) is 38.5 Å². The molecule has 1 aromatic heterocycles. The minimum Gasteiger partial charge on any atom is -0.497 e. The Kier molecular flexibility index (Phi) is 4.94. The van der Waals surface area contributed by atoms with Crippen LogP contribution in [0.5, 0.6) is 11.5 Å². The summed E-state index contributed by atoms with van der Waals surface area (Å²) in [6.07, 6.45) is 0. The molecule has 1 aliphatic rings. The monoisotopic (exact) mass is 398 g/mol. The van der Waals surface area contributed by atoms with E-state index in [0.717, 1.165) is 22.8 Å².